The van der Waals surface area contributed by atoms with Gasteiger partial charge >= 0.3 is 0 Å². The molecule has 2 nitrogen and oxygen atoms in total. The zero-order chi connectivity index (χ0) is 10.4. The molecule has 1 aromatic heterocycles. The van der Waals surface area contributed by atoms with Crippen LogP contribution in [0.5, 0.6) is 0 Å². The van der Waals surface area contributed by atoms with E-state index in [0.29, 0.717) is 5.92 Å². The molecule has 78 valence electrons. The Morgan fingerprint density at radius 1 is 1.43 bits per heavy atom. The molecule has 1 N–H and O–H groups in total. The Morgan fingerprint density at radius 3 is 2.79 bits per heavy atom. The molecular weight excluding hydrogens is 174 g/mol. The summed E-state index contributed by atoms with van der Waals surface area (Å²) in [6, 6.07) is 5.66. The first kappa shape index (κ1) is 11.2. The van der Waals surface area contributed by atoms with Gasteiger partial charge < -0.3 is 5.11 Å². The van der Waals surface area contributed by atoms with Crippen LogP contribution in [-0.4, -0.2) is 10.1 Å². The molecule has 1 aromatic rings. The van der Waals surface area contributed by atoms with Gasteiger partial charge in [-0.1, -0.05) is 32.8 Å². The third kappa shape index (κ3) is 3.46. The molecule has 0 aliphatic heterocycles. The minimum atomic E-state index is -0.405. The van der Waals surface area contributed by atoms with E-state index < -0.39 is 6.10 Å². The van der Waals surface area contributed by atoms with Crippen LogP contribution < -0.4 is 0 Å². The van der Waals surface area contributed by atoms with Crippen LogP contribution in [0.25, 0.3) is 0 Å². The van der Waals surface area contributed by atoms with Gasteiger partial charge in [0.15, 0.2) is 0 Å². The van der Waals surface area contributed by atoms with E-state index in [2.05, 4.69) is 18.8 Å². The maximum atomic E-state index is 9.86. The van der Waals surface area contributed by atoms with Crippen LogP contribution >= 0.6 is 0 Å². The molecule has 0 radical (unpaired) electrons. The van der Waals surface area contributed by atoms with Gasteiger partial charge in [-0.25, -0.2) is 0 Å². The van der Waals surface area contributed by atoms with Crippen LogP contribution in [-0.2, 0) is 0 Å². The molecule has 0 fully saturated rings. The molecular formula is C12H19NO. The van der Waals surface area contributed by atoms with Crippen molar-refractivity contribution in [3.63, 3.8) is 0 Å². The molecule has 14 heavy (non-hydrogen) atoms. The van der Waals surface area contributed by atoms with Crippen molar-refractivity contribution in [2.24, 2.45) is 5.92 Å². The zero-order valence-corrected chi connectivity index (χ0v) is 8.98. The lowest BCUT2D eigenvalue weighted by atomic mass is 9.97. The van der Waals surface area contributed by atoms with E-state index in [-0.39, 0.29) is 0 Å². The fourth-order valence-corrected chi connectivity index (χ4v) is 1.69. The average Bonchev–Trinajstić information content (AvgIpc) is 2.19. The summed E-state index contributed by atoms with van der Waals surface area (Å²) in [7, 11) is 0. The van der Waals surface area contributed by atoms with Gasteiger partial charge in [0.1, 0.15) is 0 Å². The second kappa shape index (κ2) is 5.76. The summed E-state index contributed by atoms with van der Waals surface area (Å²) >= 11 is 0. The highest BCUT2D eigenvalue weighted by molar-refractivity contribution is 5.06. The van der Waals surface area contributed by atoms with Crippen LogP contribution in [0.2, 0.25) is 0 Å². The zero-order valence-electron chi connectivity index (χ0n) is 8.98. The highest BCUT2D eigenvalue weighted by Crippen LogP contribution is 2.21. The Kier molecular flexibility index (Phi) is 4.60. The summed E-state index contributed by atoms with van der Waals surface area (Å²) in [6.45, 7) is 4.35. The van der Waals surface area contributed by atoms with E-state index in [0.717, 1.165) is 12.1 Å². The molecule has 0 spiro atoms. The van der Waals surface area contributed by atoms with E-state index in [9.17, 15) is 5.11 Å². The molecule has 0 aliphatic rings. The van der Waals surface area contributed by atoms with E-state index in [4.69, 9.17) is 0 Å². The standard InChI is InChI=1S/C12H19NO/c1-3-6-10(2)9-12(14)11-7-4-5-8-13-11/h4-5,7-8,10,12,14H,3,6,9H2,1-2H3. The fraction of sp³-hybridized carbons (Fsp3) is 0.583. The monoisotopic (exact) mass is 193 g/mol. The minimum Gasteiger partial charge on any atom is -0.387 e. The van der Waals surface area contributed by atoms with Crippen LogP contribution in [0.1, 0.15) is 44.9 Å². The van der Waals surface area contributed by atoms with Gasteiger partial charge in [-0.15, -0.1) is 0 Å². The third-order valence-corrected chi connectivity index (χ3v) is 2.44. The first-order valence-electron chi connectivity index (χ1n) is 5.33. The Bertz CT molecular complexity index is 248. The van der Waals surface area contributed by atoms with Crippen molar-refractivity contribution >= 4 is 0 Å². The van der Waals surface area contributed by atoms with E-state index in [1.807, 2.05) is 18.2 Å². The Hall–Kier alpha value is -0.890. The molecule has 1 heterocycles. The summed E-state index contributed by atoms with van der Waals surface area (Å²) in [5.74, 6) is 0.567. The van der Waals surface area contributed by atoms with Gasteiger partial charge in [-0.05, 0) is 24.5 Å². The molecule has 0 saturated heterocycles. The van der Waals surface area contributed by atoms with Gasteiger partial charge in [0.2, 0.25) is 0 Å². The van der Waals surface area contributed by atoms with Gasteiger partial charge in [0.25, 0.3) is 0 Å². The number of hydrogen-bond donors (Lipinski definition) is 1. The average molecular weight is 193 g/mol. The summed E-state index contributed by atoms with van der Waals surface area (Å²) in [5, 5.41) is 9.86. The first-order chi connectivity index (χ1) is 6.74. The van der Waals surface area contributed by atoms with Crippen LogP contribution in [0.3, 0.4) is 0 Å². The molecule has 2 unspecified atom stereocenters. The first-order valence-corrected chi connectivity index (χ1v) is 5.33. The van der Waals surface area contributed by atoms with Crippen molar-refractivity contribution in [1.29, 1.82) is 0 Å². The third-order valence-electron chi connectivity index (χ3n) is 2.44. The highest BCUT2D eigenvalue weighted by Gasteiger charge is 2.12. The predicted molar refractivity (Wildman–Crippen MR) is 57.9 cm³/mol. The predicted octanol–water partition coefficient (Wildman–Crippen LogP) is 2.94. The highest BCUT2D eigenvalue weighted by atomic mass is 16.3. The van der Waals surface area contributed by atoms with E-state index in [1.165, 1.54) is 12.8 Å². The SMILES string of the molecule is CCCC(C)CC(O)c1ccccn1. The smallest absolute Gasteiger partial charge is 0.0962 e. The molecule has 0 aliphatic carbocycles. The van der Waals surface area contributed by atoms with E-state index in [1.54, 1.807) is 6.20 Å². The molecule has 0 bridgehead atoms. The van der Waals surface area contributed by atoms with Crippen LogP contribution in [0, 0.1) is 5.92 Å². The van der Waals surface area contributed by atoms with Gasteiger partial charge in [-0.2, -0.15) is 0 Å². The number of hydrogen-bond acceptors (Lipinski definition) is 2. The lowest BCUT2D eigenvalue weighted by molar-refractivity contribution is 0.141. The molecule has 0 saturated carbocycles. The molecule has 1 rings (SSSR count). The summed E-state index contributed by atoms with van der Waals surface area (Å²) in [5.41, 5.74) is 0.787. The Balaban J connectivity index is 2.46. The van der Waals surface area contributed by atoms with Gasteiger partial charge in [-0.3, -0.25) is 4.98 Å². The molecule has 2 atom stereocenters. The number of aromatic nitrogens is 1. The van der Waals surface area contributed by atoms with Crippen molar-refractivity contribution in [2.45, 2.75) is 39.2 Å². The molecule has 0 aromatic carbocycles. The summed E-state index contributed by atoms with van der Waals surface area (Å²) in [4.78, 5) is 4.14. The van der Waals surface area contributed by atoms with Gasteiger partial charge in [0, 0.05) is 6.20 Å². The van der Waals surface area contributed by atoms with Crippen LogP contribution in [0.15, 0.2) is 24.4 Å². The van der Waals surface area contributed by atoms with E-state index >= 15 is 0 Å². The maximum absolute atomic E-state index is 9.86. The summed E-state index contributed by atoms with van der Waals surface area (Å²) < 4.78 is 0. The maximum Gasteiger partial charge on any atom is 0.0962 e. The number of nitrogens with zero attached hydrogens (tertiary/aromatic N) is 1. The lowest BCUT2D eigenvalue weighted by Crippen LogP contribution is -2.05. The minimum absolute atomic E-state index is 0.405. The second-order valence-electron chi connectivity index (χ2n) is 3.90. The number of aliphatic hydroxyl groups is 1. The van der Waals surface area contributed by atoms with Crippen molar-refractivity contribution in [3.8, 4) is 0 Å². The van der Waals surface area contributed by atoms with Crippen molar-refractivity contribution in [2.75, 3.05) is 0 Å². The Labute approximate surface area is 86.0 Å². The number of aliphatic hydroxyl groups excluding tert-OH is 1. The van der Waals surface area contributed by atoms with Crippen molar-refractivity contribution in [3.05, 3.63) is 30.1 Å². The molecule has 2 heteroatoms. The van der Waals surface area contributed by atoms with Crippen molar-refractivity contribution in [1.82, 2.24) is 4.98 Å². The normalized spacial score (nSPS) is 15.1. The number of pyridine rings is 1. The Morgan fingerprint density at radius 2 is 2.21 bits per heavy atom. The van der Waals surface area contributed by atoms with Crippen molar-refractivity contribution < 1.29 is 5.11 Å². The molecule has 0 amide bonds. The van der Waals surface area contributed by atoms with Crippen LogP contribution in [0.4, 0.5) is 0 Å². The van der Waals surface area contributed by atoms with Gasteiger partial charge in [0.05, 0.1) is 11.8 Å². The largest absolute Gasteiger partial charge is 0.387 e. The quantitative estimate of drug-likeness (QED) is 0.780. The fourth-order valence-electron chi connectivity index (χ4n) is 1.69. The number of rotatable bonds is 5. The second-order valence-corrected chi connectivity index (χ2v) is 3.90. The summed E-state index contributed by atoms with van der Waals surface area (Å²) in [6.07, 6.45) is 4.48. The lowest BCUT2D eigenvalue weighted by Gasteiger charge is -2.14. The topological polar surface area (TPSA) is 33.1 Å².